The number of thiazole rings is 2. The first-order valence-corrected chi connectivity index (χ1v) is 16.8. The van der Waals surface area contributed by atoms with E-state index in [0.717, 1.165) is 29.7 Å². The van der Waals surface area contributed by atoms with E-state index in [4.69, 9.17) is 0 Å². The van der Waals surface area contributed by atoms with E-state index < -0.39 is 0 Å². The average molecular weight is 659 g/mol. The summed E-state index contributed by atoms with van der Waals surface area (Å²) < 4.78 is 3.83. The van der Waals surface area contributed by atoms with Crippen molar-refractivity contribution in [2.75, 3.05) is 10.6 Å². The van der Waals surface area contributed by atoms with Crippen LogP contribution in [0.15, 0.2) is 97.3 Å². The first-order valence-electron chi connectivity index (χ1n) is 15.1. The number of anilines is 2. The van der Waals surface area contributed by atoms with Crippen molar-refractivity contribution in [3.63, 3.8) is 0 Å². The fraction of sp³-hybridized carbons (Fsp3) is 0.235. The van der Waals surface area contributed by atoms with Crippen LogP contribution < -0.4 is 10.6 Å². The Morgan fingerprint density at radius 2 is 1.33 bits per heavy atom. The number of aromatic nitrogens is 6. The highest BCUT2D eigenvalue weighted by atomic mass is 32.1. The van der Waals surface area contributed by atoms with E-state index in [-0.39, 0.29) is 14.7 Å². The van der Waals surface area contributed by atoms with Gasteiger partial charge in [0.25, 0.3) is 11.8 Å². The van der Waals surface area contributed by atoms with Crippen LogP contribution in [0, 0.1) is 6.92 Å². The quantitative estimate of drug-likeness (QED) is 0.154. The van der Waals surface area contributed by atoms with Gasteiger partial charge in [0, 0.05) is 69.6 Å². The van der Waals surface area contributed by atoms with E-state index in [1.807, 2.05) is 96.3 Å². The van der Waals surface area contributed by atoms with E-state index in [9.17, 15) is 9.59 Å². The second kappa shape index (κ2) is 17.5. The van der Waals surface area contributed by atoms with Gasteiger partial charge in [-0.2, -0.15) is 0 Å². The van der Waals surface area contributed by atoms with Crippen LogP contribution >= 0.6 is 22.7 Å². The second-order valence-electron chi connectivity index (χ2n) is 9.84. The molecule has 12 heteroatoms. The third kappa shape index (κ3) is 9.78. The Morgan fingerprint density at radius 3 is 1.80 bits per heavy atom. The van der Waals surface area contributed by atoms with Gasteiger partial charge in [-0.05, 0) is 73.0 Å². The second-order valence-corrected chi connectivity index (χ2v) is 11.8. The normalized spacial score (nSPS) is 10.3. The lowest BCUT2D eigenvalue weighted by Crippen LogP contribution is -2.17. The number of rotatable bonds is 10. The van der Waals surface area contributed by atoms with Crippen molar-refractivity contribution in [2.45, 2.75) is 53.6 Å². The topological polar surface area (TPSA) is 120 Å². The van der Waals surface area contributed by atoms with Crippen molar-refractivity contribution in [1.29, 1.82) is 0 Å². The van der Waals surface area contributed by atoms with E-state index in [1.54, 1.807) is 30.9 Å². The number of carbonyl (C=O) groups is 2. The highest BCUT2D eigenvalue weighted by molar-refractivity contribution is 7.15. The molecule has 0 aliphatic heterocycles. The van der Waals surface area contributed by atoms with Gasteiger partial charge >= 0.3 is 0 Å². The van der Waals surface area contributed by atoms with Gasteiger partial charge in [-0.15, -0.1) is 22.7 Å². The van der Waals surface area contributed by atoms with Crippen molar-refractivity contribution in [2.24, 2.45) is 0 Å². The van der Waals surface area contributed by atoms with Crippen molar-refractivity contribution in [3.8, 4) is 0 Å². The summed E-state index contributed by atoms with van der Waals surface area (Å²) in [4.78, 5) is 42.5. The molecule has 0 unspecified atom stereocenters. The molecule has 6 aromatic rings. The smallest absolute Gasteiger partial charge is 0.274 e. The Balaban J connectivity index is 0.000000306. The highest BCUT2D eigenvalue weighted by Crippen LogP contribution is 2.21. The summed E-state index contributed by atoms with van der Waals surface area (Å²) in [5.74, 6) is -0.287. The van der Waals surface area contributed by atoms with Crippen molar-refractivity contribution >= 4 is 44.8 Å². The van der Waals surface area contributed by atoms with E-state index in [0.29, 0.717) is 34.7 Å². The lowest BCUT2D eigenvalue weighted by molar-refractivity contribution is 0.101. The van der Waals surface area contributed by atoms with Gasteiger partial charge < -0.3 is 9.13 Å². The third-order valence-corrected chi connectivity index (χ3v) is 8.29. The van der Waals surface area contributed by atoms with Crippen LogP contribution in [0.2, 0.25) is 0 Å². The molecule has 6 rings (SSSR count). The molecule has 10 nitrogen and oxygen atoms in total. The number of hydrogen-bond acceptors (Lipinski definition) is 8. The van der Waals surface area contributed by atoms with Crippen molar-refractivity contribution in [1.82, 2.24) is 29.1 Å². The Hall–Kier alpha value is -4.94. The minimum atomic E-state index is -0.150. The minimum Gasteiger partial charge on any atom is -0.339 e. The number of amides is 2. The monoisotopic (exact) mass is 658 g/mol. The first kappa shape index (κ1) is 33.9. The summed E-state index contributed by atoms with van der Waals surface area (Å²) in [5, 5.41) is 8.89. The molecule has 6 aromatic heterocycles. The Labute approximate surface area is 280 Å². The minimum absolute atomic E-state index is 0. The summed E-state index contributed by atoms with van der Waals surface area (Å²) in [7, 11) is 0. The molecule has 0 spiro atoms. The van der Waals surface area contributed by atoms with Gasteiger partial charge in [0.05, 0.1) is 5.69 Å². The van der Waals surface area contributed by atoms with Gasteiger partial charge in [-0.25, -0.2) is 9.97 Å². The zero-order valence-electron chi connectivity index (χ0n) is 26.4. The lowest BCUT2D eigenvalue weighted by atomic mass is 10.2. The maximum Gasteiger partial charge on any atom is 0.274 e. The average Bonchev–Trinajstić information content (AvgIpc) is 3.89. The third-order valence-electron chi connectivity index (χ3n) is 6.44. The summed E-state index contributed by atoms with van der Waals surface area (Å²) in [6, 6.07) is 15.1. The van der Waals surface area contributed by atoms with E-state index in [2.05, 4.69) is 37.5 Å². The molecule has 0 aliphatic rings. The van der Waals surface area contributed by atoms with Gasteiger partial charge in [0.1, 0.15) is 11.4 Å². The molecule has 2 N–H and O–H groups in total. The Kier molecular flexibility index (Phi) is 12.9. The zero-order valence-corrected chi connectivity index (χ0v) is 28.0. The summed E-state index contributed by atoms with van der Waals surface area (Å²) in [5.41, 5.74) is 4.33. The van der Waals surface area contributed by atoms with Gasteiger partial charge in [-0.1, -0.05) is 27.2 Å². The van der Waals surface area contributed by atoms with Crippen molar-refractivity contribution < 1.29 is 12.4 Å². The Morgan fingerprint density at radius 1 is 0.804 bits per heavy atom. The molecular weight excluding hydrogens is 617 g/mol. The van der Waals surface area contributed by atoms with Gasteiger partial charge in [-0.3, -0.25) is 30.2 Å². The number of carbonyl (C=O) groups excluding carboxylic acids is 2. The van der Waals surface area contributed by atoms with E-state index >= 15 is 0 Å². The van der Waals surface area contributed by atoms with Crippen LogP contribution in [0.5, 0.6) is 0 Å². The highest BCUT2D eigenvalue weighted by Gasteiger charge is 2.14. The molecule has 0 saturated carbocycles. The predicted molar refractivity (Wildman–Crippen MR) is 190 cm³/mol. The molecule has 0 atom stereocenters. The molecule has 242 valence electrons. The Bertz CT molecular complexity index is 1800. The van der Waals surface area contributed by atoms with Crippen LogP contribution in [0.4, 0.5) is 10.3 Å². The fourth-order valence-corrected chi connectivity index (χ4v) is 5.94. The number of nitrogens with one attached hydrogen (secondary N) is 2. The van der Waals surface area contributed by atoms with Crippen molar-refractivity contribution in [3.05, 3.63) is 130 Å². The largest absolute Gasteiger partial charge is 0.339 e. The molecule has 46 heavy (non-hydrogen) atoms. The maximum atomic E-state index is 12.5. The molecule has 6 heterocycles. The van der Waals surface area contributed by atoms with Crippen LogP contribution in [-0.4, -0.2) is 40.9 Å². The summed E-state index contributed by atoms with van der Waals surface area (Å²) >= 11 is 2.96. The molecular formula is C34H42N8O2S2. The number of pyridine rings is 2. The van der Waals surface area contributed by atoms with Crippen LogP contribution in [0.1, 0.15) is 72.7 Å². The summed E-state index contributed by atoms with van der Waals surface area (Å²) in [6.07, 6.45) is 14.7. The standard InChI is InChI=1S/C17H18N4OS.C15H14N4OS.C2H6.2H2/c1-2-4-14-11-19-17(23-14)20-16(22)15-5-3-10-21(15)12-13-6-8-18-9-7-13;1-11-10-21-15(17-11)18-14(20)13-3-2-8-19(13)9-12-4-6-16-7-5-12;1-2;;/h3,5-11H,2,4,12H2,1H3,(H,19,20,22);2-8,10H,9H2,1H3,(H,17,18,20);1-2H3;2*1H. The molecule has 0 bridgehead atoms. The molecule has 2 amide bonds. The molecule has 0 fully saturated rings. The summed E-state index contributed by atoms with van der Waals surface area (Å²) in [6.45, 7) is 9.30. The predicted octanol–water partition coefficient (Wildman–Crippen LogP) is 8.06. The SMILES string of the molecule is CC.CCCc1cnc(NC(=O)c2cccn2Cc2ccncc2)s1.Cc1csc(NC(=O)c2cccn2Cc2ccncc2)n1.[HH].[HH]. The van der Waals surface area contributed by atoms with Gasteiger partial charge in [0.2, 0.25) is 0 Å². The number of nitrogens with zero attached hydrogens (tertiary/aromatic N) is 6. The maximum absolute atomic E-state index is 12.5. The lowest BCUT2D eigenvalue weighted by Gasteiger charge is -2.08. The zero-order chi connectivity index (χ0) is 32.7. The fourth-order valence-electron chi connectivity index (χ4n) is 4.35. The molecule has 0 saturated heterocycles. The number of hydrogen-bond donors (Lipinski definition) is 2. The van der Waals surface area contributed by atoms with Crippen LogP contribution in [0.25, 0.3) is 0 Å². The molecule has 0 radical (unpaired) electrons. The first-order chi connectivity index (χ1) is 22.5. The van der Waals surface area contributed by atoms with Gasteiger partial charge in [0.15, 0.2) is 10.3 Å². The van der Waals surface area contributed by atoms with Crippen LogP contribution in [0.3, 0.4) is 0 Å². The molecule has 0 aromatic carbocycles. The van der Waals surface area contributed by atoms with E-state index in [1.165, 1.54) is 27.6 Å². The number of aryl methyl sites for hydroxylation is 2. The van der Waals surface area contributed by atoms with Crippen LogP contribution in [-0.2, 0) is 19.5 Å². The molecule has 0 aliphatic carbocycles.